The number of hydrogen-bond acceptors (Lipinski definition) is 4. The number of fused-ring (bicyclic) bond motifs is 2. The lowest BCUT2D eigenvalue weighted by Gasteiger charge is -2.04. The summed E-state index contributed by atoms with van der Waals surface area (Å²) >= 11 is 0. The monoisotopic (exact) mass is 392 g/mol. The highest BCUT2D eigenvalue weighted by molar-refractivity contribution is 6.03. The predicted octanol–water partition coefficient (Wildman–Crippen LogP) is 6.72. The summed E-state index contributed by atoms with van der Waals surface area (Å²) in [5.74, 6) is 0.804. The van der Waals surface area contributed by atoms with E-state index in [1.54, 1.807) is 12.3 Å². The summed E-state index contributed by atoms with van der Waals surface area (Å²) in [6, 6.07) is 23.4. The Kier molecular flexibility index (Phi) is 4.32. The number of phenolic OH excluding ortho intramolecular Hbond substituents is 1. The van der Waals surface area contributed by atoms with E-state index in [4.69, 9.17) is 4.42 Å². The number of phenols is 1. The number of rotatable bonds is 3. The van der Waals surface area contributed by atoms with Gasteiger partial charge in [-0.05, 0) is 72.1 Å². The minimum atomic E-state index is 0.206. The van der Waals surface area contributed by atoms with Crippen LogP contribution >= 0.6 is 0 Å². The molecule has 30 heavy (non-hydrogen) atoms. The minimum Gasteiger partial charge on any atom is -0.507 e. The molecule has 0 saturated heterocycles. The lowest BCUT2D eigenvalue weighted by atomic mass is 10.0. The van der Waals surface area contributed by atoms with Crippen LogP contribution in [0.25, 0.3) is 33.3 Å². The van der Waals surface area contributed by atoms with Crippen LogP contribution in [0.3, 0.4) is 0 Å². The summed E-state index contributed by atoms with van der Waals surface area (Å²) < 4.78 is 5.94. The zero-order chi connectivity index (χ0) is 20.7. The summed E-state index contributed by atoms with van der Waals surface area (Å²) in [7, 11) is 0. The first-order chi connectivity index (χ1) is 14.6. The van der Waals surface area contributed by atoms with E-state index in [-0.39, 0.29) is 5.75 Å². The third-order valence-corrected chi connectivity index (χ3v) is 5.42. The zero-order valence-corrected chi connectivity index (χ0v) is 16.8. The Morgan fingerprint density at radius 3 is 2.63 bits per heavy atom. The molecule has 0 saturated carbocycles. The molecule has 4 aromatic carbocycles. The molecule has 4 heteroatoms. The lowest BCUT2D eigenvalue weighted by molar-refractivity contribution is 0.475. The Labute approximate surface area is 174 Å². The van der Waals surface area contributed by atoms with Crippen molar-refractivity contribution in [2.24, 2.45) is 4.99 Å². The van der Waals surface area contributed by atoms with Crippen LogP contribution < -0.4 is 0 Å². The van der Waals surface area contributed by atoms with Gasteiger partial charge in [-0.25, -0.2) is 4.98 Å². The number of aryl methyl sites for hydroxylation is 2. The predicted molar refractivity (Wildman–Crippen MR) is 122 cm³/mol. The number of benzene rings is 4. The highest BCUT2D eigenvalue weighted by Gasteiger charge is 2.10. The maximum absolute atomic E-state index is 10.3. The molecule has 5 aromatic rings. The molecule has 0 aliphatic heterocycles. The van der Waals surface area contributed by atoms with Crippen LogP contribution in [0.4, 0.5) is 5.69 Å². The fourth-order valence-electron chi connectivity index (χ4n) is 3.55. The van der Waals surface area contributed by atoms with E-state index in [0.29, 0.717) is 11.5 Å². The molecule has 1 N–H and O–H groups in total. The number of nitrogens with zero attached hydrogens (tertiary/aromatic N) is 2. The normalized spacial score (nSPS) is 11.7. The van der Waals surface area contributed by atoms with Gasteiger partial charge in [-0.15, -0.1) is 0 Å². The van der Waals surface area contributed by atoms with Crippen molar-refractivity contribution in [1.29, 1.82) is 0 Å². The molecule has 0 atom stereocenters. The van der Waals surface area contributed by atoms with Crippen LogP contribution in [0.2, 0.25) is 0 Å². The van der Waals surface area contributed by atoms with E-state index >= 15 is 0 Å². The van der Waals surface area contributed by atoms with Gasteiger partial charge in [0, 0.05) is 17.3 Å². The van der Waals surface area contributed by atoms with Gasteiger partial charge in [0.15, 0.2) is 5.58 Å². The van der Waals surface area contributed by atoms with E-state index in [1.807, 2.05) is 54.6 Å². The smallest absolute Gasteiger partial charge is 0.227 e. The van der Waals surface area contributed by atoms with E-state index in [2.05, 4.69) is 36.0 Å². The average Bonchev–Trinajstić information content (AvgIpc) is 3.18. The van der Waals surface area contributed by atoms with Crippen LogP contribution in [0.5, 0.6) is 5.75 Å². The highest BCUT2D eigenvalue weighted by Crippen LogP contribution is 2.29. The van der Waals surface area contributed by atoms with Crippen molar-refractivity contribution in [3.05, 3.63) is 89.5 Å². The molecule has 0 aliphatic carbocycles. The summed E-state index contributed by atoms with van der Waals surface area (Å²) in [6.07, 6.45) is 1.70. The Morgan fingerprint density at radius 1 is 0.900 bits per heavy atom. The molecule has 1 heterocycles. The van der Waals surface area contributed by atoms with Crippen LogP contribution in [-0.2, 0) is 0 Å². The van der Waals surface area contributed by atoms with Gasteiger partial charge >= 0.3 is 0 Å². The van der Waals surface area contributed by atoms with Gasteiger partial charge < -0.3 is 9.52 Å². The minimum absolute atomic E-state index is 0.206. The van der Waals surface area contributed by atoms with Crippen LogP contribution in [-0.4, -0.2) is 16.3 Å². The van der Waals surface area contributed by atoms with Crippen molar-refractivity contribution in [2.75, 3.05) is 0 Å². The molecule has 0 fully saturated rings. The first-order valence-electron chi connectivity index (χ1n) is 9.81. The van der Waals surface area contributed by atoms with E-state index < -0.39 is 0 Å². The van der Waals surface area contributed by atoms with E-state index in [9.17, 15) is 5.11 Å². The molecule has 0 radical (unpaired) electrons. The number of aliphatic imine (C=N–C) groups is 1. The lowest BCUT2D eigenvalue weighted by Crippen LogP contribution is -1.85. The molecule has 146 valence electrons. The van der Waals surface area contributed by atoms with Gasteiger partial charge in [0.25, 0.3) is 0 Å². The van der Waals surface area contributed by atoms with Crippen molar-refractivity contribution in [3.63, 3.8) is 0 Å². The molecule has 4 nitrogen and oxygen atoms in total. The van der Waals surface area contributed by atoms with Crippen LogP contribution in [0.15, 0.2) is 82.2 Å². The zero-order valence-electron chi connectivity index (χ0n) is 16.8. The first kappa shape index (κ1) is 18.1. The summed E-state index contributed by atoms with van der Waals surface area (Å²) in [5.41, 5.74) is 6.31. The Bertz CT molecular complexity index is 1430. The Balaban J connectivity index is 1.52. The number of aromatic nitrogens is 1. The van der Waals surface area contributed by atoms with Crippen molar-refractivity contribution in [1.82, 2.24) is 4.98 Å². The van der Waals surface area contributed by atoms with Gasteiger partial charge in [0.1, 0.15) is 11.3 Å². The third-order valence-electron chi connectivity index (χ3n) is 5.42. The summed E-state index contributed by atoms with van der Waals surface area (Å²) in [4.78, 5) is 9.23. The first-order valence-corrected chi connectivity index (χ1v) is 9.81. The number of aromatic hydroxyl groups is 1. The second-order valence-electron chi connectivity index (χ2n) is 7.45. The molecule has 0 unspecified atom stereocenters. The third kappa shape index (κ3) is 3.22. The van der Waals surface area contributed by atoms with Gasteiger partial charge in [-0.3, -0.25) is 4.99 Å². The van der Waals surface area contributed by atoms with Crippen molar-refractivity contribution in [3.8, 4) is 17.2 Å². The van der Waals surface area contributed by atoms with Crippen molar-refractivity contribution < 1.29 is 9.52 Å². The molecule has 1 aromatic heterocycles. The number of hydrogen-bond donors (Lipinski definition) is 1. The number of oxazole rings is 1. The van der Waals surface area contributed by atoms with Gasteiger partial charge in [0.2, 0.25) is 5.89 Å². The van der Waals surface area contributed by atoms with E-state index in [0.717, 1.165) is 33.1 Å². The largest absolute Gasteiger partial charge is 0.507 e. The molecule has 0 spiro atoms. The Hall–Kier alpha value is -3.92. The molecule has 5 rings (SSSR count). The van der Waals surface area contributed by atoms with Gasteiger partial charge in [-0.1, -0.05) is 36.4 Å². The van der Waals surface area contributed by atoms with Crippen molar-refractivity contribution in [2.45, 2.75) is 13.8 Å². The van der Waals surface area contributed by atoms with Gasteiger partial charge in [-0.2, -0.15) is 0 Å². The maximum Gasteiger partial charge on any atom is 0.227 e. The maximum atomic E-state index is 10.3. The highest BCUT2D eigenvalue weighted by atomic mass is 16.3. The SMILES string of the molecule is Cc1ccc(-c2nc3cc(N=Cc4c(O)ccc5ccccc45)ccc3o2)cc1C. The fourth-order valence-corrected chi connectivity index (χ4v) is 3.55. The quantitative estimate of drug-likeness (QED) is 0.347. The van der Waals surface area contributed by atoms with Crippen LogP contribution in [0, 0.1) is 13.8 Å². The molecule has 0 aliphatic rings. The second kappa shape index (κ2) is 7.16. The Morgan fingerprint density at radius 2 is 1.77 bits per heavy atom. The standard InChI is InChI=1S/C26H20N2O2/c1-16-7-8-19(13-17(16)2)26-28-23-14-20(10-12-25(23)30-26)27-15-22-21-6-4-3-5-18(21)9-11-24(22)29/h3-15,29H,1-2H3. The van der Waals surface area contributed by atoms with E-state index in [1.165, 1.54) is 11.1 Å². The molecular formula is C26H20N2O2. The second-order valence-corrected chi connectivity index (χ2v) is 7.45. The average molecular weight is 392 g/mol. The fraction of sp³-hybridized carbons (Fsp3) is 0.0769. The molecule has 0 bridgehead atoms. The van der Waals surface area contributed by atoms with Crippen molar-refractivity contribution >= 4 is 33.8 Å². The molecule has 0 amide bonds. The van der Waals surface area contributed by atoms with Crippen LogP contribution in [0.1, 0.15) is 16.7 Å². The summed E-state index contributed by atoms with van der Waals surface area (Å²) in [6.45, 7) is 4.17. The topological polar surface area (TPSA) is 58.6 Å². The molecular weight excluding hydrogens is 372 g/mol. The van der Waals surface area contributed by atoms with Gasteiger partial charge in [0.05, 0.1) is 5.69 Å². The summed E-state index contributed by atoms with van der Waals surface area (Å²) in [5, 5.41) is 12.3.